The van der Waals surface area contributed by atoms with E-state index in [1.165, 1.54) is 12.1 Å². The third-order valence-electron chi connectivity index (χ3n) is 5.05. The topological polar surface area (TPSA) is 66.4 Å². The van der Waals surface area contributed by atoms with Gasteiger partial charge in [-0.25, -0.2) is 4.39 Å². The third-order valence-corrected chi connectivity index (χ3v) is 5.29. The van der Waals surface area contributed by atoms with Crippen LogP contribution in [-0.4, -0.2) is 23.0 Å². The van der Waals surface area contributed by atoms with Crippen LogP contribution in [0.2, 0.25) is 5.02 Å². The van der Waals surface area contributed by atoms with Crippen LogP contribution in [0, 0.1) is 11.2 Å². The van der Waals surface area contributed by atoms with E-state index in [9.17, 15) is 19.1 Å². The van der Waals surface area contributed by atoms with Gasteiger partial charge in [0.1, 0.15) is 11.2 Å². The number of benzene rings is 2. The van der Waals surface area contributed by atoms with Gasteiger partial charge in [-0.1, -0.05) is 42.8 Å². The van der Waals surface area contributed by atoms with Crippen molar-refractivity contribution < 1.29 is 19.1 Å². The highest BCUT2D eigenvalue weighted by Gasteiger charge is 2.51. The molecule has 2 atom stereocenters. The summed E-state index contributed by atoms with van der Waals surface area (Å²) < 4.78 is 14.0. The maximum atomic E-state index is 14.0. The summed E-state index contributed by atoms with van der Waals surface area (Å²) in [5.41, 5.74) is 0.736. The summed E-state index contributed by atoms with van der Waals surface area (Å²) in [6.45, 7) is 1.71. The molecule has 0 aliphatic carbocycles. The summed E-state index contributed by atoms with van der Waals surface area (Å²) in [4.78, 5) is 23.6. The normalized spacial score (nSPS) is 22.3. The summed E-state index contributed by atoms with van der Waals surface area (Å²) in [5, 5.41) is 12.7. The molecule has 6 heteroatoms. The highest BCUT2D eigenvalue weighted by molar-refractivity contribution is 6.30. The SMILES string of the molecule is CC[C@@]1(C(=O)O)C[C@@H](Cc2ccc(-c3cc(Cl)ccc3F)cc2)NC1=O. The molecule has 2 aromatic carbocycles. The fraction of sp³-hybridized carbons (Fsp3) is 0.300. The number of hydrogen-bond acceptors (Lipinski definition) is 2. The van der Waals surface area contributed by atoms with E-state index in [0.29, 0.717) is 22.6 Å². The molecule has 1 aliphatic heterocycles. The monoisotopic (exact) mass is 375 g/mol. The fourth-order valence-electron chi connectivity index (χ4n) is 3.48. The van der Waals surface area contributed by atoms with Crippen molar-refractivity contribution in [3.05, 3.63) is 58.9 Å². The average molecular weight is 376 g/mol. The van der Waals surface area contributed by atoms with Crippen molar-refractivity contribution in [1.82, 2.24) is 5.32 Å². The Morgan fingerprint density at radius 3 is 2.58 bits per heavy atom. The van der Waals surface area contributed by atoms with Gasteiger partial charge < -0.3 is 10.4 Å². The average Bonchev–Trinajstić information content (AvgIpc) is 2.94. The van der Waals surface area contributed by atoms with Crippen LogP contribution in [0.5, 0.6) is 0 Å². The Hall–Kier alpha value is -2.40. The van der Waals surface area contributed by atoms with Crippen LogP contribution in [0.4, 0.5) is 4.39 Å². The molecule has 4 nitrogen and oxygen atoms in total. The van der Waals surface area contributed by atoms with E-state index < -0.39 is 17.3 Å². The molecular weight excluding hydrogens is 357 g/mol. The maximum Gasteiger partial charge on any atom is 0.319 e. The van der Waals surface area contributed by atoms with E-state index in [2.05, 4.69) is 5.32 Å². The first kappa shape index (κ1) is 18.4. The number of carbonyl (C=O) groups excluding carboxylic acids is 1. The van der Waals surface area contributed by atoms with E-state index >= 15 is 0 Å². The number of carbonyl (C=O) groups is 2. The van der Waals surface area contributed by atoms with Crippen molar-refractivity contribution in [2.24, 2.45) is 5.41 Å². The Bertz CT molecular complexity index is 853. The third kappa shape index (κ3) is 3.31. The van der Waals surface area contributed by atoms with Crippen molar-refractivity contribution in [3.8, 4) is 11.1 Å². The molecule has 0 aromatic heterocycles. The van der Waals surface area contributed by atoms with Crippen molar-refractivity contribution in [3.63, 3.8) is 0 Å². The van der Waals surface area contributed by atoms with Crippen LogP contribution in [0.15, 0.2) is 42.5 Å². The molecule has 1 amide bonds. The van der Waals surface area contributed by atoms with Crippen LogP contribution in [0.25, 0.3) is 11.1 Å². The van der Waals surface area contributed by atoms with Crippen LogP contribution in [0.3, 0.4) is 0 Å². The van der Waals surface area contributed by atoms with Gasteiger partial charge in [0.15, 0.2) is 0 Å². The first-order chi connectivity index (χ1) is 12.4. The lowest BCUT2D eigenvalue weighted by Gasteiger charge is -2.18. The standard InChI is InChI=1S/C20H19ClFNO3/c1-2-20(19(25)26)11-15(23-18(20)24)9-12-3-5-13(6-4-12)16-10-14(21)7-8-17(16)22/h3-8,10,15H,2,9,11H2,1H3,(H,23,24)(H,25,26)/t15-,20-/m1/s1. The molecule has 0 unspecified atom stereocenters. The van der Waals surface area contributed by atoms with Gasteiger partial charge in [-0.2, -0.15) is 0 Å². The Morgan fingerprint density at radius 1 is 1.31 bits per heavy atom. The number of hydrogen-bond donors (Lipinski definition) is 2. The van der Waals surface area contributed by atoms with Gasteiger partial charge in [-0.05, 0) is 48.6 Å². The lowest BCUT2D eigenvalue weighted by molar-refractivity contribution is -0.153. The quantitative estimate of drug-likeness (QED) is 0.774. The number of aliphatic carboxylic acids is 1. The molecule has 0 saturated carbocycles. The Kier molecular flexibility index (Phi) is 5.01. The van der Waals surface area contributed by atoms with Crippen LogP contribution >= 0.6 is 11.6 Å². The lowest BCUT2D eigenvalue weighted by Crippen LogP contribution is -2.38. The summed E-state index contributed by atoms with van der Waals surface area (Å²) in [6.07, 6.45) is 1.05. The van der Waals surface area contributed by atoms with Crippen molar-refractivity contribution in [2.75, 3.05) is 0 Å². The van der Waals surface area contributed by atoms with Crippen LogP contribution in [-0.2, 0) is 16.0 Å². The summed E-state index contributed by atoms with van der Waals surface area (Å²) in [7, 11) is 0. The van der Waals surface area contributed by atoms with Crippen LogP contribution < -0.4 is 5.32 Å². The molecule has 1 fully saturated rings. The van der Waals surface area contributed by atoms with Gasteiger partial charge in [0.25, 0.3) is 0 Å². The number of carboxylic acid groups (broad SMARTS) is 1. The van der Waals surface area contributed by atoms with Crippen molar-refractivity contribution in [1.29, 1.82) is 0 Å². The maximum absolute atomic E-state index is 14.0. The van der Waals surface area contributed by atoms with Gasteiger partial charge in [0.05, 0.1) is 0 Å². The van der Waals surface area contributed by atoms with Crippen molar-refractivity contribution in [2.45, 2.75) is 32.2 Å². The minimum atomic E-state index is -1.34. The molecular formula is C20H19ClFNO3. The van der Waals surface area contributed by atoms with E-state index in [-0.39, 0.29) is 24.7 Å². The molecule has 1 saturated heterocycles. The van der Waals surface area contributed by atoms with E-state index in [1.54, 1.807) is 25.1 Å². The zero-order valence-electron chi connectivity index (χ0n) is 14.3. The second-order valence-electron chi connectivity index (χ2n) is 6.64. The Labute approximate surface area is 156 Å². The highest BCUT2D eigenvalue weighted by Crippen LogP contribution is 2.35. The van der Waals surface area contributed by atoms with Gasteiger partial charge in [-0.3, -0.25) is 9.59 Å². The Balaban J connectivity index is 1.75. The van der Waals surface area contributed by atoms with E-state index in [0.717, 1.165) is 5.56 Å². The zero-order valence-corrected chi connectivity index (χ0v) is 15.0. The predicted molar refractivity (Wildman–Crippen MR) is 97.5 cm³/mol. The molecule has 0 bridgehead atoms. The summed E-state index contributed by atoms with van der Waals surface area (Å²) in [5.74, 6) is -1.85. The molecule has 2 N–H and O–H groups in total. The number of nitrogens with one attached hydrogen (secondary N) is 1. The molecule has 3 rings (SSSR count). The number of halogens is 2. The minimum absolute atomic E-state index is 0.229. The molecule has 2 aromatic rings. The molecule has 1 aliphatic rings. The second-order valence-corrected chi connectivity index (χ2v) is 7.08. The second kappa shape index (κ2) is 7.08. The molecule has 1 heterocycles. The van der Waals surface area contributed by atoms with Crippen molar-refractivity contribution >= 4 is 23.5 Å². The van der Waals surface area contributed by atoms with Gasteiger partial charge in [0, 0.05) is 16.6 Å². The smallest absolute Gasteiger partial charge is 0.319 e. The highest BCUT2D eigenvalue weighted by atomic mass is 35.5. The zero-order chi connectivity index (χ0) is 18.9. The lowest BCUT2D eigenvalue weighted by atomic mass is 9.81. The molecule has 136 valence electrons. The summed E-state index contributed by atoms with van der Waals surface area (Å²) >= 11 is 5.94. The largest absolute Gasteiger partial charge is 0.480 e. The van der Waals surface area contributed by atoms with E-state index in [1.807, 2.05) is 12.1 Å². The van der Waals surface area contributed by atoms with E-state index in [4.69, 9.17) is 11.6 Å². The minimum Gasteiger partial charge on any atom is -0.480 e. The Morgan fingerprint density at radius 2 is 2.00 bits per heavy atom. The van der Waals surface area contributed by atoms with Gasteiger partial charge >= 0.3 is 5.97 Å². The van der Waals surface area contributed by atoms with Gasteiger partial charge in [-0.15, -0.1) is 0 Å². The molecule has 0 radical (unpaired) electrons. The number of rotatable bonds is 5. The predicted octanol–water partition coefficient (Wildman–Crippen LogP) is 4.06. The number of carboxylic acids is 1. The molecule has 0 spiro atoms. The van der Waals surface area contributed by atoms with Gasteiger partial charge in [0.2, 0.25) is 5.91 Å². The molecule has 26 heavy (non-hydrogen) atoms. The summed E-state index contributed by atoms with van der Waals surface area (Å²) in [6, 6.07) is 11.5. The fourth-order valence-corrected chi connectivity index (χ4v) is 3.65. The number of amides is 1. The first-order valence-electron chi connectivity index (χ1n) is 8.44. The van der Waals surface area contributed by atoms with Crippen LogP contribution in [0.1, 0.15) is 25.3 Å². The first-order valence-corrected chi connectivity index (χ1v) is 8.82.